The fraction of sp³-hybridized carbons (Fsp3) is 0.533. The van der Waals surface area contributed by atoms with E-state index in [4.69, 9.17) is 0 Å². The molecule has 0 aromatic heterocycles. The van der Waals surface area contributed by atoms with Crippen molar-refractivity contribution in [3.05, 3.63) is 35.6 Å². The first kappa shape index (κ1) is 14.0. The van der Waals surface area contributed by atoms with Crippen molar-refractivity contribution in [3.8, 4) is 0 Å². The summed E-state index contributed by atoms with van der Waals surface area (Å²) in [7, 11) is 0. The van der Waals surface area contributed by atoms with Crippen LogP contribution in [0.4, 0.5) is 4.39 Å². The number of amides is 1. The molecule has 2 rings (SSSR count). The lowest BCUT2D eigenvalue weighted by atomic mass is 9.94. The Hall–Kier alpha value is -1.42. The first-order valence-electron chi connectivity index (χ1n) is 6.85. The highest BCUT2D eigenvalue weighted by molar-refractivity contribution is 5.94. The Balaban J connectivity index is 1.90. The smallest absolute Gasteiger partial charge is 0.251 e. The topological polar surface area (TPSA) is 49.3 Å². The van der Waals surface area contributed by atoms with Gasteiger partial charge in [0.2, 0.25) is 0 Å². The van der Waals surface area contributed by atoms with Crippen molar-refractivity contribution in [2.45, 2.75) is 44.1 Å². The number of rotatable bonds is 3. The Bertz CT molecular complexity index is 422. The second-order valence-corrected chi connectivity index (χ2v) is 5.33. The molecule has 1 aromatic rings. The molecule has 0 radical (unpaired) electrons. The molecule has 3 nitrogen and oxygen atoms in total. The SMILES string of the molecule is O=C(NCC1(O)CCCCCC1)c1ccc(F)cc1. The van der Waals surface area contributed by atoms with E-state index < -0.39 is 5.60 Å². The van der Waals surface area contributed by atoms with Crippen LogP contribution in [-0.2, 0) is 0 Å². The van der Waals surface area contributed by atoms with E-state index in [9.17, 15) is 14.3 Å². The molecule has 0 spiro atoms. The van der Waals surface area contributed by atoms with Crippen LogP contribution in [0.3, 0.4) is 0 Å². The van der Waals surface area contributed by atoms with Crippen molar-refractivity contribution in [2.75, 3.05) is 6.54 Å². The molecule has 0 aliphatic heterocycles. The Morgan fingerprint density at radius 3 is 2.32 bits per heavy atom. The molecule has 2 N–H and O–H groups in total. The number of carbonyl (C=O) groups excluding carboxylic acids is 1. The van der Waals surface area contributed by atoms with E-state index in [1.54, 1.807) is 0 Å². The van der Waals surface area contributed by atoms with Crippen molar-refractivity contribution in [2.24, 2.45) is 0 Å². The molecule has 1 aromatic carbocycles. The maximum absolute atomic E-state index is 12.8. The summed E-state index contributed by atoms with van der Waals surface area (Å²) in [5.41, 5.74) is -0.370. The molecule has 1 fully saturated rings. The van der Waals surface area contributed by atoms with Gasteiger partial charge >= 0.3 is 0 Å². The van der Waals surface area contributed by atoms with E-state index in [-0.39, 0.29) is 18.3 Å². The number of hydrogen-bond acceptors (Lipinski definition) is 2. The van der Waals surface area contributed by atoms with Crippen LogP contribution in [-0.4, -0.2) is 23.2 Å². The highest BCUT2D eigenvalue weighted by Gasteiger charge is 2.28. The Morgan fingerprint density at radius 1 is 1.16 bits per heavy atom. The van der Waals surface area contributed by atoms with E-state index in [0.29, 0.717) is 5.56 Å². The van der Waals surface area contributed by atoms with Gasteiger partial charge in [0.15, 0.2) is 0 Å². The average Bonchev–Trinajstić information content (AvgIpc) is 2.62. The van der Waals surface area contributed by atoms with Crippen LogP contribution in [0.1, 0.15) is 48.9 Å². The van der Waals surface area contributed by atoms with Gasteiger partial charge < -0.3 is 10.4 Å². The number of nitrogens with one attached hydrogen (secondary N) is 1. The normalized spacial score (nSPS) is 18.6. The first-order chi connectivity index (χ1) is 9.09. The standard InChI is InChI=1S/C15H20FNO2/c16-13-7-5-12(6-8-13)14(18)17-11-15(19)9-3-1-2-4-10-15/h5-8,19H,1-4,9-11H2,(H,17,18). The Morgan fingerprint density at radius 2 is 1.74 bits per heavy atom. The molecule has 19 heavy (non-hydrogen) atoms. The third-order valence-corrected chi connectivity index (χ3v) is 3.72. The quantitative estimate of drug-likeness (QED) is 0.825. The van der Waals surface area contributed by atoms with Gasteiger partial charge in [0, 0.05) is 12.1 Å². The van der Waals surface area contributed by atoms with Crippen LogP contribution in [0.5, 0.6) is 0 Å². The molecule has 4 heteroatoms. The molecule has 0 atom stereocenters. The zero-order valence-electron chi connectivity index (χ0n) is 11.0. The van der Waals surface area contributed by atoms with Crippen molar-refractivity contribution < 1.29 is 14.3 Å². The van der Waals surface area contributed by atoms with Crippen LogP contribution in [0.25, 0.3) is 0 Å². The van der Waals surface area contributed by atoms with Crippen molar-refractivity contribution in [1.29, 1.82) is 0 Å². The minimum Gasteiger partial charge on any atom is -0.388 e. The lowest BCUT2D eigenvalue weighted by molar-refractivity contribution is 0.0246. The highest BCUT2D eigenvalue weighted by Crippen LogP contribution is 2.26. The van der Waals surface area contributed by atoms with Gasteiger partial charge in [0.1, 0.15) is 5.82 Å². The van der Waals surface area contributed by atoms with Crippen molar-refractivity contribution >= 4 is 5.91 Å². The molecule has 0 heterocycles. The van der Waals surface area contributed by atoms with Crippen LogP contribution >= 0.6 is 0 Å². The summed E-state index contributed by atoms with van der Waals surface area (Å²) in [5, 5.41) is 13.2. The van der Waals surface area contributed by atoms with Crippen LogP contribution in [0.2, 0.25) is 0 Å². The van der Waals surface area contributed by atoms with Crippen molar-refractivity contribution in [3.63, 3.8) is 0 Å². The van der Waals surface area contributed by atoms with Gasteiger partial charge in [-0.1, -0.05) is 25.7 Å². The molecule has 0 saturated heterocycles. The van der Waals surface area contributed by atoms with E-state index >= 15 is 0 Å². The molecule has 1 aliphatic carbocycles. The fourth-order valence-corrected chi connectivity index (χ4v) is 2.51. The number of halogens is 1. The van der Waals surface area contributed by atoms with Gasteiger partial charge in [-0.05, 0) is 37.1 Å². The van der Waals surface area contributed by atoms with Gasteiger partial charge in [0.05, 0.1) is 5.60 Å². The second kappa shape index (κ2) is 6.15. The maximum Gasteiger partial charge on any atom is 0.251 e. The van der Waals surface area contributed by atoms with E-state index in [0.717, 1.165) is 38.5 Å². The minimum atomic E-state index is -0.786. The molecule has 0 unspecified atom stereocenters. The zero-order valence-corrected chi connectivity index (χ0v) is 11.0. The lowest BCUT2D eigenvalue weighted by Gasteiger charge is -2.26. The Kier molecular flexibility index (Phi) is 4.53. The first-order valence-corrected chi connectivity index (χ1v) is 6.85. The summed E-state index contributed by atoms with van der Waals surface area (Å²) in [6.45, 7) is 0.267. The van der Waals surface area contributed by atoms with Gasteiger partial charge in [0.25, 0.3) is 5.91 Å². The summed E-state index contributed by atoms with van der Waals surface area (Å²) in [5.74, 6) is -0.628. The number of aliphatic hydroxyl groups is 1. The third-order valence-electron chi connectivity index (χ3n) is 3.72. The monoisotopic (exact) mass is 265 g/mol. The molecule has 1 aliphatic rings. The highest BCUT2D eigenvalue weighted by atomic mass is 19.1. The van der Waals surface area contributed by atoms with E-state index in [1.165, 1.54) is 24.3 Å². The van der Waals surface area contributed by atoms with E-state index in [1.807, 2.05) is 0 Å². The summed E-state index contributed by atoms with van der Waals surface area (Å²) in [6, 6.07) is 5.41. The molecule has 1 amide bonds. The van der Waals surface area contributed by atoms with Gasteiger partial charge in [-0.15, -0.1) is 0 Å². The molecular weight excluding hydrogens is 245 g/mol. The third kappa shape index (κ3) is 4.03. The Labute approximate surface area is 112 Å². The molecule has 0 bridgehead atoms. The van der Waals surface area contributed by atoms with Crippen molar-refractivity contribution in [1.82, 2.24) is 5.32 Å². The summed E-state index contributed by atoms with van der Waals surface area (Å²) >= 11 is 0. The van der Waals surface area contributed by atoms with E-state index in [2.05, 4.69) is 5.32 Å². The maximum atomic E-state index is 12.8. The largest absolute Gasteiger partial charge is 0.388 e. The average molecular weight is 265 g/mol. The van der Waals surface area contributed by atoms with Gasteiger partial charge in [-0.2, -0.15) is 0 Å². The predicted octanol–water partition coefficient (Wildman–Crippen LogP) is 2.64. The van der Waals surface area contributed by atoms with Crippen LogP contribution in [0.15, 0.2) is 24.3 Å². The van der Waals surface area contributed by atoms with Crippen LogP contribution < -0.4 is 5.32 Å². The zero-order chi connectivity index (χ0) is 13.7. The molecule has 1 saturated carbocycles. The summed E-state index contributed by atoms with van der Waals surface area (Å²) in [4.78, 5) is 11.9. The van der Waals surface area contributed by atoms with Gasteiger partial charge in [-0.25, -0.2) is 4.39 Å². The van der Waals surface area contributed by atoms with Gasteiger partial charge in [-0.3, -0.25) is 4.79 Å². The second-order valence-electron chi connectivity index (χ2n) is 5.33. The minimum absolute atomic E-state index is 0.266. The summed E-state index contributed by atoms with van der Waals surface area (Å²) < 4.78 is 12.8. The number of benzene rings is 1. The fourth-order valence-electron chi connectivity index (χ4n) is 2.51. The predicted molar refractivity (Wildman–Crippen MR) is 71.4 cm³/mol. The molecular formula is C15H20FNO2. The van der Waals surface area contributed by atoms with Crippen LogP contribution in [0, 0.1) is 5.82 Å². The summed E-state index contributed by atoms with van der Waals surface area (Å²) in [6.07, 6.45) is 5.77. The number of carbonyl (C=O) groups is 1. The lowest BCUT2D eigenvalue weighted by Crippen LogP contribution is -2.42. The molecule has 104 valence electrons. The number of hydrogen-bond donors (Lipinski definition) is 2.